The van der Waals surface area contributed by atoms with Crippen LogP contribution in [0.2, 0.25) is 10.0 Å². The summed E-state index contributed by atoms with van der Waals surface area (Å²) in [6.07, 6.45) is 2.93. The van der Waals surface area contributed by atoms with Gasteiger partial charge in [-0.25, -0.2) is 4.39 Å². The first-order valence-electron chi connectivity index (χ1n) is 12.0. The number of hydrogen-bond acceptors (Lipinski definition) is 6. The maximum atomic E-state index is 13.9. The number of anilines is 2. The van der Waals surface area contributed by atoms with Gasteiger partial charge in [-0.3, -0.25) is 9.59 Å². The van der Waals surface area contributed by atoms with Gasteiger partial charge in [0.1, 0.15) is 10.8 Å². The molecule has 4 aromatic rings. The molecule has 38 heavy (non-hydrogen) atoms. The monoisotopic (exact) mass is 555 g/mol. The first-order valence-corrected chi connectivity index (χ1v) is 12.8. The lowest BCUT2D eigenvalue weighted by atomic mass is 9.89. The van der Waals surface area contributed by atoms with E-state index in [1.807, 2.05) is 13.0 Å². The Morgan fingerprint density at radius 1 is 1.16 bits per heavy atom. The Kier molecular flexibility index (Phi) is 7.44. The Morgan fingerprint density at radius 3 is 2.58 bits per heavy atom. The average Bonchev–Trinajstić information content (AvgIpc) is 3.44. The van der Waals surface area contributed by atoms with E-state index in [9.17, 15) is 14.0 Å². The Bertz CT molecular complexity index is 1520. The Morgan fingerprint density at radius 2 is 1.89 bits per heavy atom. The van der Waals surface area contributed by atoms with Gasteiger partial charge in [0.25, 0.3) is 11.5 Å². The van der Waals surface area contributed by atoms with Gasteiger partial charge in [0.05, 0.1) is 17.8 Å². The molecule has 2 aromatic carbocycles. The quantitative estimate of drug-likeness (QED) is 0.349. The highest BCUT2D eigenvalue weighted by Gasteiger charge is 2.28. The van der Waals surface area contributed by atoms with Crippen LogP contribution in [-0.2, 0) is 6.54 Å². The number of halogens is 3. The highest BCUT2D eigenvalue weighted by Crippen LogP contribution is 2.33. The summed E-state index contributed by atoms with van der Waals surface area (Å²) in [5.41, 5.74) is 2.47. The van der Waals surface area contributed by atoms with E-state index in [2.05, 4.69) is 25.9 Å². The van der Waals surface area contributed by atoms with Crippen LogP contribution in [0, 0.1) is 12.7 Å². The maximum absolute atomic E-state index is 13.9. The molecule has 9 nitrogen and oxygen atoms in total. The number of benzene rings is 2. The minimum Gasteiger partial charge on any atom is -0.353 e. The van der Waals surface area contributed by atoms with Crippen LogP contribution in [0.4, 0.5) is 15.8 Å². The van der Waals surface area contributed by atoms with E-state index in [-0.39, 0.29) is 46.3 Å². The van der Waals surface area contributed by atoms with E-state index >= 15 is 0 Å². The van der Waals surface area contributed by atoms with Gasteiger partial charge in [0.15, 0.2) is 5.82 Å². The molecule has 3 heterocycles. The number of amides is 1. The average molecular weight is 556 g/mol. The lowest BCUT2D eigenvalue weighted by Gasteiger charge is -2.33. The van der Waals surface area contributed by atoms with E-state index in [4.69, 9.17) is 23.2 Å². The van der Waals surface area contributed by atoms with Gasteiger partial charge in [-0.05, 0) is 61.1 Å². The van der Waals surface area contributed by atoms with Crippen molar-refractivity contribution in [2.75, 3.05) is 18.4 Å². The Hall–Kier alpha value is -3.76. The Labute approximate surface area is 227 Å². The number of carbonyl (C=O) groups excluding carboxylic acids is 1. The van der Waals surface area contributed by atoms with Crippen LogP contribution in [0.1, 0.15) is 46.1 Å². The van der Waals surface area contributed by atoms with Crippen molar-refractivity contribution in [3.05, 3.63) is 97.4 Å². The van der Waals surface area contributed by atoms with Gasteiger partial charge in [0, 0.05) is 30.0 Å². The molecule has 1 amide bonds. The van der Waals surface area contributed by atoms with Crippen LogP contribution in [0.25, 0.3) is 0 Å². The second-order valence-corrected chi connectivity index (χ2v) is 10.0. The number of rotatable bonds is 6. The maximum Gasteiger partial charge on any atom is 0.271 e. The fourth-order valence-corrected chi connectivity index (χ4v) is 5.05. The van der Waals surface area contributed by atoms with Crippen molar-refractivity contribution in [3.63, 3.8) is 0 Å². The number of hydrogen-bond donors (Lipinski definition) is 2. The highest BCUT2D eigenvalue weighted by atomic mass is 35.5. The number of aromatic nitrogens is 5. The van der Waals surface area contributed by atoms with Gasteiger partial charge < -0.3 is 14.8 Å². The standard InChI is InChI=1S/C26H24Cl2FN7O2/c1-15-2-5-18(27)12-21(15)30-24-20(13-36(26(38)23(24)28)14-22-31-33-34-32-22)25(37)35-10-8-17(9-11-35)16-3-6-19(29)7-4-16/h2-7,12-13,17,30H,8-11,14H2,1H3,(H,31,32,33,34). The Balaban J connectivity index is 1.47. The zero-order valence-electron chi connectivity index (χ0n) is 20.4. The third-order valence-corrected chi connectivity index (χ3v) is 7.32. The van der Waals surface area contributed by atoms with Crippen molar-refractivity contribution in [2.24, 2.45) is 0 Å². The van der Waals surface area contributed by atoms with Gasteiger partial charge in [-0.2, -0.15) is 5.21 Å². The number of aryl methyl sites for hydroxylation is 1. The second-order valence-electron chi connectivity index (χ2n) is 9.20. The minimum atomic E-state index is -0.509. The lowest BCUT2D eigenvalue weighted by Crippen LogP contribution is -2.39. The van der Waals surface area contributed by atoms with Crippen molar-refractivity contribution in [1.82, 2.24) is 30.1 Å². The number of aromatic amines is 1. The van der Waals surface area contributed by atoms with Crippen molar-refractivity contribution in [1.29, 1.82) is 0 Å². The van der Waals surface area contributed by atoms with Gasteiger partial charge >= 0.3 is 0 Å². The first kappa shape index (κ1) is 25.9. The molecule has 1 aliphatic heterocycles. The number of carbonyl (C=O) groups is 1. The summed E-state index contributed by atoms with van der Waals surface area (Å²) in [6.45, 7) is 2.86. The van der Waals surface area contributed by atoms with Gasteiger partial charge in [0.2, 0.25) is 0 Å². The van der Waals surface area contributed by atoms with Crippen molar-refractivity contribution in [2.45, 2.75) is 32.2 Å². The van der Waals surface area contributed by atoms with Crippen LogP contribution in [0.5, 0.6) is 0 Å². The molecule has 0 saturated carbocycles. The normalized spacial score (nSPS) is 14.1. The summed E-state index contributed by atoms with van der Waals surface area (Å²) >= 11 is 12.8. The van der Waals surface area contributed by atoms with Gasteiger partial charge in [-0.15, -0.1) is 10.2 Å². The van der Waals surface area contributed by atoms with Crippen molar-refractivity contribution in [3.8, 4) is 0 Å². The number of nitrogens with one attached hydrogen (secondary N) is 2. The van der Waals surface area contributed by atoms with E-state index in [1.54, 1.807) is 29.2 Å². The zero-order valence-corrected chi connectivity index (χ0v) is 21.9. The summed E-state index contributed by atoms with van der Waals surface area (Å²) in [5, 5.41) is 17.2. The molecule has 2 aromatic heterocycles. The SMILES string of the molecule is Cc1ccc(Cl)cc1Nc1c(C(=O)N2CCC(c3ccc(F)cc3)CC2)cn(Cc2nn[nH]n2)c(=O)c1Cl. The highest BCUT2D eigenvalue weighted by molar-refractivity contribution is 6.34. The number of pyridine rings is 1. The molecule has 2 N–H and O–H groups in total. The summed E-state index contributed by atoms with van der Waals surface area (Å²) in [7, 11) is 0. The molecule has 1 fully saturated rings. The minimum absolute atomic E-state index is 0.0154. The number of likely N-dealkylation sites (tertiary alicyclic amines) is 1. The summed E-state index contributed by atoms with van der Waals surface area (Å²) in [6, 6.07) is 11.8. The fourth-order valence-electron chi connectivity index (χ4n) is 4.62. The third kappa shape index (κ3) is 5.41. The lowest BCUT2D eigenvalue weighted by molar-refractivity contribution is 0.0713. The molecule has 0 unspecified atom stereocenters. The number of piperidine rings is 1. The molecule has 0 bridgehead atoms. The van der Waals surface area contributed by atoms with Crippen LogP contribution in [0.3, 0.4) is 0 Å². The number of nitrogens with zero attached hydrogens (tertiary/aromatic N) is 5. The summed E-state index contributed by atoms with van der Waals surface area (Å²) in [4.78, 5) is 28.8. The predicted octanol–water partition coefficient (Wildman–Crippen LogP) is 4.93. The molecule has 0 aliphatic carbocycles. The van der Waals surface area contributed by atoms with E-state index in [1.165, 1.54) is 22.9 Å². The molecule has 196 valence electrons. The molecule has 5 rings (SSSR count). The van der Waals surface area contributed by atoms with Crippen molar-refractivity contribution >= 4 is 40.5 Å². The van der Waals surface area contributed by atoms with Gasteiger partial charge in [-0.1, -0.05) is 46.6 Å². The van der Waals surface area contributed by atoms with E-state index in [0.717, 1.165) is 24.0 Å². The molecule has 0 radical (unpaired) electrons. The number of tetrazole rings is 1. The molecule has 0 spiro atoms. The van der Waals surface area contributed by atoms with E-state index < -0.39 is 5.56 Å². The molecule has 0 atom stereocenters. The van der Waals surface area contributed by atoms with Crippen LogP contribution in [0.15, 0.2) is 53.5 Å². The topological polar surface area (TPSA) is 109 Å². The molecule has 1 aliphatic rings. The second kappa shape index (κ2) is 10.9. The van der Waals surface area contributed by atoms with E-state index in [0.29, 0.717) is 23.8 Å². The fraction of sp³-hybridized carbons (Fsp3) is 0.269. The first-order chi connectivity index (χ1) is 18.3. The summed E-state index contributed by atoms with van der Waals surface area (Å²) in [5.74, 6) is -0.0483. The molecule has 12 heteroatoms. The summed E-state index contributed by atoms with van der Waals surface area (Å²) < 4.78 is 14.6. The largest absolute Gasteiger partial charge is 0.353 e. The van der Waals surface area contributed by atoms with Crippen molar-refractivity contribution < 1.29 is 9.18 Å². The molecule has 1 saturated heterocycles. The van der Waals surface area contributed by atoms with Crippen LogP contribution >= 0.6 is 23.2 Å². The number of H-pyrrole nitrogens is 1. The molecular formula is C26H24Cl2FN7O2. The molecular weight excluding hydrogens is 532 g/mol. The zero-order chi connectivity index (χ0) is 26.8. The smallest absolute Gasteiger partial charge is 0.271 e. The van der Waals surface area contributed by atoms with Crippen LogP contribution in [-0.4, -0.2) is 49.1 Å². The third-order valence-electron chi connectivity index (χ3n) is 6.74. The predicted molar refractivity (Wildman–Crippen MR) is 143 cm³/mol. The van der Waals surface area contributed by atoms with Crippen LogP contribution < -0.4 is 10.9 Å².